The van der Waals surface area contributed by atoms with E-state index in [1.165, 1.54) is 17.1 Å². The number of rotatable bonds is 7. The third-order valence-corrected chi connectivity index (χ3v) is 6.53. The number of likely N-dealkylation sites (tertiary alicyclic amines) is 1. The maximum absolute atomic E-state index is 12.7. The average Bonchev–Trinajstić information content (AvgIpc) is 3.03. The molecule has 32 heavy (non-hydrogen) atoms. The van der Waals surface area contributed by atoms with Crippen LogP contribution in [0.1, 0.15) is 20.3 Å². The molecule has 0 aromatic heterocycles. The molecule has 1 aliphatic carbocycles. The van der Waals surface area contributed by atoms with Crippen LogP contribution in [0.5, 0.6) is 5.75 Å². The smallest absolute Gasteiger partial charge is 0.236 e. The van der Waals surface area contributed by atoms with Crippen molar-refractivity contribution < 1.29 is 24.5 Å². The van der Waals surface area contributed by atoms with E-state index in [1.54, 1.807) is 0 Å². The molecule has 4 unspecified atom stereocenters. The van der Waals surface area contributed by atoms with Crippen LogP contribution in [0.2, 0.25) is 0 Å². The van der Waals surface area contributed by atoms with E-state index in [-0.39, 0.29) is 17.9 Å². The Morgan fingerprint density at radius 1 is 0.938 bits per heavy atom. The van der Waals surface area contributed by atoms with Crippen LogP contribution in [-0.4, -0.2) is 89.4 Å². The summed E-state index contributed by atoms with van der Waals surface area (Å²) >= 11 is 0. The van der Waals surface area contributed by atoms with Crippen molar-refractivity contribution in [2.45, 2.75) is 38.6 Å². The number of piperazine rings is 1. The van der Waals surface area contributed by atoms with Gasteiger partial charge in [0.05, 0.1) is 35.8 Å². The second kappa shape index (κ2) is 9.60. The maximum atomic E-state index is 12.7. The van der Waals surface area contributed by atoms with Gasteiger partial charge >= 0.3 is 0 Å². The van der Waals surface area contributed by atoms with Crippen LogP contribution in [0.25, 0.3) is 0 Å². The Balaban J connectivity index is 1.27. The van der Waals surface area contributed by atoms with Gasteiger partial charge in [0.25, 0.3) is 0 Å². The van der Waals surface area contributed by atoms with Gasteiger partial charge < -0.3 is 19.8 Å². The first kappa shape index (κ1) is 22.8. The fraction of sp³-hybridized carbons (Fsp3) is 0.583. The van der Waals surface area contributed by atoms with Gasteiger partial charge in [0.1, 0.15) is 5.75 Å². The molecule has 3 aliphatic rings. The Morgan fingerprint density at radius 3 is 2.12 bits per heavy atom. The summed E-state index contributed by atoms with van der Waals surface area (Å²) in [5.41, 5.74) is 1.11. The predicted molar refractivity (Wildman–Crippen MR) is 120 cm³/mol. The average molecular weight is 444 g/mol. The fourth-order valence-electron chi connectivity index (χ4n) is 4.92. The van der Waals surface area contributed by atoms with Crippen molar-refractivity contribution in [3.05, 3.63) is 36.4 Å². The second-order valence-electron chi connectivity index (χ2n) is 9.06. The lowest BCUT2D eigenvalue weighted by atomic mass is 9.81. The van der Waals surface area contributed by atoms with Gasteiger partial charge in [0.2, 0.25) is 11.8 Å². The Hall–Kier alpha value is -2.42. The topological polar surface area (TPSA) is 93.6 Å². The number of nitrogens with zero attached hydrogens (tertiary/aromatic N) is 3. The molecule has 2 aliphatic heterocycles. The van der Waals surface area contributed by atoms with Crippen molar-refractivity contribution >= 4 is 17.5 Å². The molecule has 4 rings (SSSR count). The molecule has 2 saturated heterocycles. The summed E-state index contributed by atoms with van der Waals surface area (Å²) in [7, 11) is 0. The summed E-state index contributed by atoms with van der Waals surface area (Å²) in [6.07, 6.45) is 1.58. The zero-order valence-electron chi connectivity index (χ0n) is 18.8. The number of carbonyl (C=O) groups excluding carboxylic acids is 2. The summed E-state index contributed by atoms with van der Waals surface area (Å²) in [5, 5.41) is 20.2. The summed E-state index contributed by atoms with van der Waals surface area (Å²) in [5.74, 6) is -1.56. The van der Waals surface area contributed by atoms with Gasteiger partial charge in [-0.25, -0.2) is 0 Å². The van der Waals surface area contributed by atoms with Crippen LogP contribution >= 0.6 is 0 Å². The number of anilines is 1. The van der Waals surface area contributed by atoms with E-state index in [4.69, 9.17) is 4.74 Å². The highest BCUT2D eigenvalue weighted by atomic mass is 16.5. The first-order valence-corrected chi connectivity index (χ1v) is 11.5. The molecule has 174 valence electrons. The van der Waals surface area contributed by atoms with E-state index in [2.05, 4.69) is 15.9 Å². The van der Waals surface area contributed by atoms with Gasteiger partial charge in [-0.3, -0.25) is 19.4 Å². The molecule has 0 saturated carbocycles. The number of carbonyl (C=O) groups is 2. The standard InChI is InChI=1S/C24H33N3O5/c1-16(2)32-20-7-4-3-6-17(20)26-14-12-25(13-15-26)10-5-11-27-23(30)21-18(28)8-9-19(29)22(21)24(27)31/h3-4,6-9,16,18-19,21-22,28-29H,5,10-15H2,1-2H3. The van der Waals surface area contributed by atoms with Gasteiger partial charge in [-0.05, 0) is 38.9 Å². The van der Waals surface area contributed by atoms with Crippen LogP contribution in [0.3, 0.4) is 0 Å². The Bertz CT molecular complexity index is 835. The van der Waals surface area contributed by atoms with Crippen molar-refractivity contribution in [2.24, 2.45) is 11.8 Å². The minimum absolute atomic E-state index is 0.121. The molecule has 1 aromatic carbocycles. The number of aliphatic hydroxyl groups excluding tert-OH is 2. The van der Waals surface area contributed by atoms with E-state index in [0.29, 0.717) is 13.0 Å². The number of imide groups is 1. The molecular formula is C24H33N3O5. The third-order valence-electron chi connectivity index (χ3n) is 6.53. The number of benzene rings is 1. The number of ether oxygens (including phenoxy) is 1. The minimum Gasteiger partial charge on any atom is -0.489 e. The number of aliphatic hydroxyl groups is 2. The van der Waals surface area contributed by atoms with E-state index < -0.39 is 24.0 Å². The lowest BCUT2D eigenvalue weighted by molar-refractivity contribution is -0.140. The van der Waals surface area contributed by atoms with Crippen molar-refractivity contribution in [1.82, 2.24) is 9.80 Å². The molecule has 0 radical (unpaired) electrons. The molecule has 4 atom stereocenters. The zero-order chi connectivity index (χ0) is 22.8. The van der Waals surface area contributed by atoms with Gasteiger partial charge in [0, 0.05) is 32.7 Å². The zero-order valence-corrected chi connectivity index (χ0v) is 18.8. The van der Waals surface area contributed by atoms with Crippen molar-refractivity contribution in [2.75, 3.05) is 44.2 Å². The molecule has 2 heterocycles. The SMILES string of the molecule is CC(C)Oc1ccccc1N1CCN(CCCN2C(=O)C3C(O)C=CC(O)C3C2=O)CC1. The van der Waals surface area contributed by atoms with Crippen molar-refractivity contribution in [3.63, 3.8) is 0 Å². The highest BCUT2D eigenvalue weighted by molar-refractivity contribution is 6.06. The highest BCUT2D eigenvalue weighted by Gasteiger charge is 2.53. The van der Waals surface area contributed by atoms with E-state index in [1.807, 2.05) is 32.0 Å². The number of para-hydroxylation sites is 2. The number of hydrogen-bond acceptors (Lipinski definition) is 7. The molecule has 1 aromatic rings. The third kappa shape index (κ3) is 4.53. The van der Waals surface area contributed by atoms with Crippen LogP contribution in [0, 0.1) is 11.8 Å². The molecule has 2 amide bonds. The lowest BCUT2D eigenvalue weighted by Crippen LogP contribution is -2.47. The number of amides is 2. The maximum Gasteiger partial charge on any atom is 0.236 e. The van der Waals surface area contributed by atoms with Gasteiger partial charge in [0.15, 0.2) is 0 Å². The fourth-order valence-corrected chi connectivity index (χ4v) is 4.92. The van der Waals surface area contributed by atoms with Crippen LogP contribution in [0.4, 0.5) is 5.69 Å². The molecule has 0 spiro atoms. The van der Waals surface area contributed by atoms with E-state index in [0.717, 1.165) is 44.2 Å². The molecule has 0 bridgehead atoms. The molecule has 8 nitrogen and oxygen atoms in total. The Kier molecular flexibility index (Phi) is 6.83. The van der Waals surface area contributed by atoms with Crippen LogP contribution < -0.4 is 9.64 Å². The minimum atomic E-state index is -1.01. The highest BCUT2D eigenvalue weighted by Crippen LogP contribution is 2.35. The number of hydrogen-bond donors (Lipinski definition) is 2. The Morgan fingerprint density at radius 2 is 1.53 bits per heavy atom. The normalized spacial score (nSPS) is 28.5. The molecule has 2 fully saturated rings. The van der Waals surface area contributed by atoms with Gasteiger partial charge in [-0.15, -0.1) is 0 Å². The Labute approximate surface area is 189 Å². The van der Waals surface area contributed by atoms with Crippen molar-refractivity contribution in [3.8, 4) is 5.75 Å². The first-order valence-electron chi connectivity index (χ1n) is 11.5. The van der Waals surface area contributed by atoms with Crippen LogP contribution in [-0.2, 0) is 9.59 Å². The first-order chi connectivity index (χ1) is 15.4. The summed E-state index contributed by atoms with van der Waals surface area (Å²) in [6.45, 7) is 8.70. The molecular weight excluding hydrogens is 410 g/mol. The summed E-state index contributed by atoms with van der Waals surface area (Å²) < 4.78 is 5.96. The van der Waals surface area contributed by atoms with E-state index >= 15 is 0 Å². The predicted octanol–water partition coefficient (Wildman–Crippen LogP) is 0.879. The van der Waals surface area contributed by atoms with Crippen LogP contribution in [0.15, 0.2) is 36.4 Å². The summed E-state index contributed by atoms with van der Waals surface area (Å²) in [6, 6.07) is 8.12. The largest absolute Gasteiger partial charge is 0.489 e. The van der Waals surface area contributed by atoms with Gasteiger partial charge in [-0.2, -0.15) is 0 Å². The quantitative estimate of drug-likeness (QED) is 0.477. The molecule has 2 N–H and O–H groups in total. The number of fused-ring (bicyclic) bond motifs is 1. The lowest BCUT2D eigenvalue weighted by Gasteiger charge is -2.37. The monoisotopic (exact) mass is 443 g/mol. The van der Waals surface area contributed by atoms with Gasteiger partial charge in [-0.1, -0.05) is 24.3 Å². The molecule has 8 heteroatoms. The second-order valence-corrected chi connectivity index (χ2v) is 9.06. The summed E-state index contributed by atoms with van der Waals surface area (Å²) in [4.78, 5) is 31.2. The van der Waals surface area contributed by atoms with Crippen molar-refractivity contribution in [1.29, 1.82) is 0 Å². The van der Waals surface area contributed by atoms with E-state index in [9.17, 15) is 19.8 Å².